The van der Waals surface area contributed by atoms with Gasteiger partial charge in [0.1, 0.15) is 0 Å². The molecule has 1 heteroatoms. The van der Waals surface area contributed by atoms with Gasteiger partial charge in [0, 0.05) is 0 Å². The fourth-order valence-corrected chi connectivity index (χ4v) is 1.96. The zero-order chi connectivity index (χ0) is 16.1. The maximum absolute atomic E-state index is 4.85. The molecule has 0 radical (unpaired) electrons. The average Bonchev–Trinajstić information content (AvgIpc) is 2.39. The van der Waals surface area contributed by atoms with Gasteiger partial charge in [-0.15, -0.1) is 0 Å². The molecule has 0 amide bonds. The van der Waals surface area contributed by atoms with E-state index in [1.807, 2.05) is 6.92 Å². The summed E-state index contributed by atoms with van der Waals surface area (Å²) in [6.07, 6.45) is 15.7. The molecule has 126 valence electrons. The van der Waals surface area contributed by atoms with Gasteiger partial charge in [-0.2, -0.15) is 0 Å². The Morgan fingerprint density at radius 1 is 0.600 bits per heavy atom. The second kappa shape index (κ2) is 27.3. The van der Waals surface area contributed by atoms with Crippen LogP contribution >= 0.6 is 0 Å². The standard InChI is InChI=1S/C11H24.C6H14.C2H7N/c1-3-5-7-9-11-10-8-6-4-2;1-4-5-6(2)3;1-2-3/h3-11H2,1-2H3;6H,4-5H2,1-3H3;2-3H2,1H3. The van der Waals surface area contributed by atoms with Gasteiger partial charge in [0.2, 0.25) is 0 Å². The fraction of sp³-hybridized carbons (Fsp3) is 1.00. The van der Waals surface area contributed by atoms with E-state index in [0.717, 1.165) is 12.5 Å². The van der Waals surface area contributed by atoms with Gasteiger partial charge in [-0.3, -0.25) is 0 Å². The minimum atomic E-state index is 0.750. The van der Waals surface area contributed by atoms with Gasteiger partial charge in [0.15, 0.2) is 0 Å². The van der Waals surface area contributed by atoms with Crippen molar-refractivity contribution in [2.45, 2.75) is 112 Å². The van der Waals surface area contributed by atoms with Gasteiger partial charge in [-0.25, -0.2) is 0 Å². The van der Waals surface area contributed by atoms with Crippen LogP contribution in [0, 0.1) is 5.92 Å². The Balaban J connectivity index is -0.000000270. The summed E-state index contributed by atoms with van der Waals surface area (Å²) < 4.78 is 0. The highest BCUT2D eigenvalue weighted by Gasteiger charge is 1.89. The molecule has 0 aliphatic carbocycles. The van der Waals surface area contributed by atoms with E-state index in [9.17, 15) is 0 Å². The Morgan fingerprint density at radius 2 is 0.900 bits per heavy atom. The van der Waals surface area contributed by atoms with Crippen LogP contribution in [0.3, 0.4) is 0 Å². The van der Waals surface area contributed by atoms with Crippen molar-refractivity contribution in [2.24, 2.45) is 11.7 Å². The molecule has 0 rings (SSSR count). The van der Waals surface area contributed by atoms with Crippen LogP contribution in [-0.4, -0.2) is 6.54 Å². The van der Waals surface area contributed by atoms with Gasteiger partial charge in [0.05, 0.1) is 0 Å². The molecule has 0 spiro atoms. The lowest BCUT2D eigenvalue weighted by atomic mass is 10.1. The summed E-state index contributed by atoms with van der Waals surface area (Å²) in [6.45, 7) is 13.9. The van der Waals surface area contributed by atoms with Crippen molar-refractivity contribution in [1.29, 1.82) is 0 Å². The molecular formula is C19H45N. The summed E-state index contributed by atoms with van der Waals surface area (Å²) in [6, 6.07) is 0. The summed E-state index contributed by atoms with van der Waals surface area (Å²) in [5.41, 5.74) is 4.85. The lowest BCUT2D eigenvalue weighted by Gasteiger charge is -1.98. The molecule has 0 aromatic heterocycles. The van der Waals surface area contributed by atoms with Gasteiger partial charge in [0.25, 0.3) is 0 Å². The van der Waals surface area contributed by atoms with Crippen molar-refractivity contribution < 1.29 is 0 Å². The number of hydrogen-bond donors (Lipinski definition) is 1. The minimum Gasteiger partial charge on any atom is -0.331 e. The van der Waals surface area contributed by atoms with Crippen LogP contribution in [0.4, 0.5) is 0 Å². The second-order valence-electron chi connectivity index (χ2n) is 6.07. The van der Waals surface area contributed by atoms with Gasteiger partial charge >= 0.3 is 0 Å². The third-order valence-electron chi connectivity index (χ3n) is 3.07. The molecule has 0 aliphatic heterocycles. The second-order valence-corrected chi connectivity index (χ2v) is 6.07. The van der Waals surface area contributed by atoms with Gasteiger partial charge in [-0.1, -0.05) is 112 Å². The van der Waals surface area contributed by atoms with Gasteiger partial charge < -0.3 is 5.73 Å². The van der Waals surface area contributed by atoms with E-state index in [-0.39, 0.29) is 0 Å². The monoisotopic (exact) mass is 287 g/mol. The topological polar surface area (TPSA) is 26.0 Å². The third-order valence-corrected chi connectivity index (χ3v) is 3.07. The van der Waals surface area contributed by atoms with Crippen molar-refractivity contribution in [2.75, 3.05) is 6.54 Å². The molecule has 0 fully saturated rings. The van der Waals surface area contributed by atoms with E-state index in [0.29, 0.717) is 0 Å². The molecule has 0 aromatic rings. The first-order chi connectivity index (χ1) is 9.60. The van der Waals surface area contributed by atoms with E-state index in [4.69, 9.17) is 5.73 Å². The van der Waals surface area contributed by atoms with E-state index in [1.54, 1.807) is 0 Å². The average molecular weight is 288 g/mol. The van der Waals surface area contributed by atoms with Crippen LogP contribution in [0.25, 0.3) is 0 Å². The molecular weight excluding hydrogens is 242 g/mol. The number of nitrogens with two attached hydrogens (primary N) is 1. The molecule has 0 aliphatic rings. The molecule has 1 nitrogen and oxygen atoms in total. The maximum atomic E-state index is 4.85. The zero-order valence-corrected chi connectivity index (χ0v) is 15.6. The van der Waals surface area contributed by atoms with Crippen molar-refractivity contribution in [3.63, 3.8) is 0 Å². The van der Waals surface area contributed by atoms with Crippen LogP contribution < -0.4 is 5.73 Å². The van der Waals surface area contributed by atoms with E-state index in [2.05, 4.69) is 34.6 Å². The lowest BCUT2D eigenvalue weighted by molar-refractivity contribution is 0.572. The molecule has 0 unspecified atom stereocenters. The molecule has 0 heterocycles. The Bertz CT molecular complexity index is 113. The molecule has 2 N–H and O–H groups in total. The molecule has 20 heavy (non-hydrogen) atoms. The summed E-state index contributed by atoms with van der Waals surface area (Å²) in [5.74, 6) is 0.898. The first kappa shape index (κ1) is 24.9. The SMILES string of the molecule is CCCC(C)C.CCCCCCCCCCC.CCN. The van der Waals surface area contributed by atoms with Crippen LogP contribution in [0.2, 0.25) is 0 Å². The fourth-order valence-electron chi connectivity index (χ4n) is 1.96. The number of rotatable bonds is 10. The van der Waals surface area contributed by atoms with E-state index >= 15 is 0 Å². The predicted octanol–water partition coefficient (Wildman–Crippen LogP) is 6.94. The highest BCUT2D eigenvalue weighted by Crippen LogP contribution is 2.08. The first-order valence-electron chi connectivity index (χ1n) is 9.30. The molecule has 0 saturated heterocycles. The highest BCUT2D eigenvalue weighted by molar-refractivity contribution is 4.44. The molecule has 0 bridgehead atoms. The summed E-state index contributed by atoms with van der Waals surface area (Å²) in [4.78, 5) is 0. The van der Waals surface area contributed by atoms with E-state index in [1.165, 1.54) is 70.6 Å². The number of hydrogen-bond acceptors (Lipinski definition) is 1. The molecule has 0 atom stereocenters. The highest BCUT2D eigenvalue weighted by atomic mass is 14.5. The van der Waals surface area contributed by atoms with Crippen molar-refractivity contribution in [3.05, 3.63) is 0 Å². The zero-order valence-electron chi connectivity index (χ0n) is 15.6. The minimum absolute atomic E-state index is 0.750. The Morgan fingerprint density at radius 3 is 1.05 bits per heavy atom. The number of unbranched alkanes of at least 4 members (excludes halogenated alkanes) is 8. The van der Waals surface area contributed by atoms with Crippen LogP contribution in [-0.2, 0) is 0 Å². The normalized spacial score (nSPS) is 9.60. The maximum Gasteiger partial charge on any atom is -0.0106 e. The first-order valence-corrected chi connectivity index (χ1v) is 9.30. The summed E-state index contributed by atoms with van der Waals surface area (Å²) in [7, 11) is 0. The predicted molar refractivity (Wildman–Crippen MR) is 97.4 cm³/mol. The van der Waals surface area contributed by atoms with Crippen LogP contribution in [0.5, 0.6) is 0 Å². The Kier molecular flexibility index (Phi) is 34.1. The summed E-state index contributed by atoms with van der Waals surface area (Å²) in [5, 5.41) is 0. The molecule has 0 saturated carbocycles. The Labute approximate surface area is 131 Å². The molecule has 0 aromatic carbocycles. The van der Waals surface area contributed by atoms with Gasteiger partial charge in [-0.05, 0) is 12.5 Å². The largest absolute Gasteiger partial charge is 0.331 e. The Hall–Kier alpha value is -0.0400. The van der Waals surface area contributed by atoms with Crippen LogP contribution in [0.1, 0.15) is 112 Å². The smallest absolute Gasteiger partial charge is 0.0106 e. The summed E-state index contributed by atoms with van der Waals surface area (Å²) >= 11 is 0. The van der Waals surface area contributed by atoms with Crippen molar-refractivity contribution in [3.8, 4) is 0 Å². The van der Waals surface area contributed by atoms with Crippen molar-refractivity contribution >= 4 is 0 Å². The lowest BCUT2D eigenvalue weighted by Crippen LogP contribution is -1.87. The van der Waals surface area contributed by atoms with Crippen LogP contribution in [0.15, 0.2) is 0 Å². The van der Waals surface area contributed by atoms with E-state index < -0.39 is 0 Å². The third kappa shape index (κ3) is 43.0. The quantitative estimate of drug-likeness (QED) is 0.432. The van der Waals surface area contributed by atoms with Crippen molar-refractivity contribution in [1.82, 2.24) is 0 Å².